The summed E-state index contributed by atoms with van der Waals surface area (Å²) in [6, 6.07) is 1.97. The molecule has 0 fully saturated rings. The zero-order chi connectivity index (χ0) is 12.5. The van der Waals surface area contributed by atoms with Crippen LogP contribution in [0.1, 0.15) is 30.5 Å². The summed E-state index contributed by atoms with van der Waals surface area (Å²) >= 11 is 6.24. The van der Waals surface area contributed by atoms with Gasteiger partial charge in [-0.15, -0.1) is 0 Å². The van der Waals surface area contributed by atoms with E-state index in [0.717, 1.165) is 33.9 Å². The van der Waals surface area contributed by atoms with Gasteiger partial charge in [-0.05, 0) is 51.3 Å². The Labute approximate surface area is 103 Å². The van der Waals surface area contributed by atoms with Crippen molar-refractivity contribution in [1.29, 1.82) is 0 Å². The molecule has 0 heterocycles. The van der Waals surface area contributed by atoms with Crippen molar-refractivity contribution in [2.45, 2.75) is 39.7 Å². The van der Waals surface area contributed by atoms with Crippen molar-refractivity contribution >= 4 is 11.6 Å². The monoisotopic (exact) mass is 241 g/mol. The van der Waals surface area contributed by atoms with Crippen LogP contribution in [0.15, 0.2) is 6.07 Å². The first-order chi connectivity index (χ1) is 7.26. The Morgan fingerprint density at radius 3 is 2.38 bits per heavy atom. The molecule has 1 aromatic rings. The summed E-state index contributed by atoms with van der Waals surface area (Å²) in [7, 11) is 1.68. The Morgan fingerprint density at radius 1 is 1.38 bits per heavy atom. The van der Waals surface area contributed by atoms with Gasteiger partial charge in [-0.25, -0.2) is 0 Å². The van der Waals surface area contributed by atoms with Crippen LogP contribution in [0.5, 0.6) is 5.75 Å². The van der Waals surface area contributed by atoms with Gasteiger partial charge in [0.25, 0.3) is 0 Å². The van der Waals surface area contributed by atoms with Crippen LogP contribution >= 0.6 is 11.6 Å². The molecule has 16 heavy (non-hydrogen) atoms. The highest BCUT2D eigenvalue weighted by atomic mass is 35.5. The van der Waals surface area contributed by atoms with Gasteiger partial charge in [0.1, 0.15) is 5.75 Å². The van der Waals surface area contributed by atoms with Gasteiger partial charge in [0.05, 0.1) is 7.11 Å². The molecule has 0 aromatic heterocycles. The molecule has 0 spiro atoms. The number of ether oxygens (including phenoxy) is 1. The predicted molar refractivity (Wildman–Crippen MR) is 69.4 cm³/mol. The molecular formula is C13H20ClNO. The fraction of sp³-hybridized carbons (Fsp3) is 0.538. The maximum atomic E-state index is 6.24. The van der Waals surface area contributed by atoms with E-state index in [9.17, 15) is 0 Å². The Morgan fingerprint density at radius 2 is 1.94 bits per heavy atom. The molecule has 90 valence electrons. The molecule has 0 unspecified atom stereocenters. The number of hydrogen-bond acceptors (Lipinski definition) is 2. The maximum Gasteiger partial charge on any atom is 0.122 e. The summed E-state index contributed by atoms with van der Waals surface area (Å²) in [6.45, 7) is 7.99. The first-order valence-electron chi connectivity index (χ1n) is 5.37. The molecule has 2 nitrogen and oxygen atoms in total. The third-order valence-corrected chi connectivity index (χ3v) is 3.21. The van der Waals surface area contributed by atoms with E-state index in [1.54, 1.807) is 7.11 Å². The molecule has 0 bridgehead atoms. The van der Waals surface area contributed by atoms with Crippen LogP contribution in [-0.4, -0.2) is 12.6 Å². The van der Waals surface area contributed by atoms with E-state index in [2.05, 4.69) is 0 Å². The van der Waals surface area contributed by atoms with E-state index in [4.69, 9.17) is 22.1 Å². The second-order valence-corrected chi connectivity index (χ2v) is 5.36. The van der Waals surface area contributed by atoms with E-state index in [1.807, 2.05) is 33.8 Å². The molecule has 0 aliphatic rings. The largest absolute Gasteiger partial charge is 0.496 e. The molecule has 0 atom stereocenters. The second-order valence-electron chi connectivity index (χ2n) is 4.98. The van der Waals surface area contributed by atoms with Gasteiger partial charge in [0.2, 0.25) is 0 Å². The lowest BCUT2D eigenvalue weighted by Gasteiger charge is -2.23. The smallest absolute Gasteiger partial charge is 0.122 e. The molecule has 3 heteroatoms. The molecule has 0 saturated carbocycles. The standard InChI is InChI=1S/C13H20ClNO/c1-8-6-11(16-5)10(7-13(3,4)15)9(2)12(8)14/h6H,7,15H2,1-5H3. The number of hydrogen-bond donors (Lipinski definition) is 1. The third-order valence-electron chi connectivity index (χ3n) is 2.63. The lowest BCUT2D eigenvalue weighted by Crippen LogP contribution is -2.34. The molecule has 1 rings (SSSR count). The summed E-state index contributed by atoms with van der Waals surface area (Å²) < 4.78 is 5.39. The fourth-order valence-corrected chi connectivity index (χ4v) is 1.99. The van der Waals surface area contributed by atoms with Gasteiger partial charge in [0, 0.05) is 16.1 Å². The van der Waals surface area contributed by atoms with Crippen LogP contribution in [0.25, 0.3) is 0 Å². The van der Waals surface area contributed by atoms with Crippen LogP contribution < -0.4 is 10.5 Å². The number of aryl methyl sites for hydroxylation is 1. The first-order valence-corrected chi connectivity index (χ1v) is 5.75. The molecule has 1 aromatic carbocycles. The second kappa shape index (κ2) is 4.64. The maximum absolute atomic E-state index is 6.24. The molecule has 0 aliphatic heterocycles. The normalized spacial score (nSPS) is 11.7. The summed E-state index contributed by atoms with van der Waals surface area (Å²) in [5.41, 5.74) is 8.99. The fourth-order valence-electron chi connectivity index (χ4n) is 1.82. The van der Waals surface area contributed by atoms with Crippen molar-refractivity contribution in [3.05, 3.63) is 27.8 Å². The molecule has 0 saturated heterocycles. The van der Waals surface area contributed by atoms with Crippen molar-refractivity contribution in [1.82, 2.24) is 0 Å². The third kappa shape index (κ3) is 2.89. The zero-order valence-corrected chi connectivity index (χ0v) is 11.4. The van der Waals surface area contributed by atoms with Crippen molar-refractivity contribution in [2.24, 2.45) is 5.73 Å². The van der Waals surface area contributed by atoms with Gasteiger partial charge in [-0.3, -0.25) is 0 Å². The number of methoxy groups -OCH3 is 1. The lowest BCUT2D eigenvalue weighted by molar-refractivity contribution is 0.401. The van der Waals surface area contributed by atoms with E-state index < -0.39 is 0 Å². The molecular weight excluding hydrogens is 222 g/mol. The van der Waals surface area contributed by atoms with Gasteiger partial charge in [-0.1, -0.05) is 11.6 Å². The average Bonchev–Trinajstić information content (AvgIpc) is 2.17. The number of rotatable bonds is 3. The highest BCUT2D eigenvalue weighted by Crippen LogP contribution is 2.33. The summed E-state index contributed by atoms with van der Waals surface area (Å²) in [5, 5.41) is 0.806. The predicted octanol–water partition coefficient (Wildman–Crippen LogP) is 3.25. The highest BCUT2D eigenvalue weighted by molar-refractivity contribution is 6.32. The van der Waals surface area contributed by atoms with Gasteiger partial charge in [-0.2, -0.15) is 0 Å². The number of benzene rings is 1. The minimum Gasteiger partial charge on any atom is -0.496 e. The number of halogens is 1. The quantitative estimate of drug-likeness (QED) is 0.882. The average molecular weight is 242 g/mol. The zero-order valence-electron chi connectivity index (χ0n) is 10.6. The van der Waals surface area contributed by atoms with Crippen molar-refractivity contribution in [3.63, 3.8) is 0 Å². The van der Waals surface area contributed by atoms with Crippen LogP contribution in [-0.2, 0) is 6.42 Å². The van der Waals surface area contributed by atoms with Crippen molar-refractivity contribution < 1.29 is 4.74 Å². The SMILES string of the molecule is COc1cc(C)c(Cl)c(C)c1CC(C)(C)N. The summed E-state index contributed by atoms with van der Waals surface area (Å²) in [5.74, 6) is 0.873. The van der Waals surface area contributed by atoms with E-state index in [1.165, 1.54) is 0 Å². The van der Waals surface area contributed by atoms with Crippen LogP contribution in [0.4, 0.5) is 0 Å². The molecule has 2 N–H and O–H groups in total. The van der Waals surface area contributed by atoms with Crippen molar-refractivity contribution in [3.8, 4) is 5.75 Å². The van der Waals surface area contributed by atoms with E-state index in [-0.39, 0.29) is 5.54 Å². The Bertz CT molecular complexity index is 394. The Kier molecular flexibility index (Phi) is 3.87. The van der Waals surface area contributed by atoms with Crippen LogP contribution in [0.2, 0.25) is 5.02 Å². The molecule has 0 amide bonds. The minimum atomic E-state index is -0.267. The minimum absolute atomic E-state index is 0.267. The van der Waals surface area contributed by atoms with Gasteiger partial charge < -0.3 is 10.5 Å². The van der Waals surface area contributed by atoms with E-state index >= 15 is 0 Å². The Balaban J connectivity index is 3.30. The van der Waals surface area contributed by atoms with Crippen LogP contribution in [0.3, 0.4) is 0 Å². The van der Waals surface area contributed by atoms with Crippen molar-refractivity contribution in [2.75, 3.05) is 7.11 Å². The summed E-state index contributed by atoms with van der Waals surface area (Å²) in [6.07, 6.45) is 0.752. The molecule has 0 radical (unpaired) electrons. The lowest BCUT2D eigenvalue weighted by atomic mass is 9.91. The van der Waals surface area contributed by atoms with Gasteiger partial charge >= 0.3 is 0 Å². The molecule has 0 aliphatic carbocycles. The Hall–Kier alpha value is -0.730. The highest BCUT2D eigenvalue weighted by Gasteiger charge is 2.19. The van der Waals surface area contributed by atoms with Gasteiger partial charge in [0.15, 0.2) is 0 Å². The van der Waals surface area contributed by atoms with E-state index in [0.29, 0.717) is 0 Å². The van der Waals surface area contributed by atoms with Crippen LogP contribution in [0, 0.1) is 13.8 Å². The topological polar surface area (TPSA) is 35.2 Å². The number of nitrogens with two attached hydrogens (primary N) is 1. The first kappa shape index (κ1) is 13.3. The summed E-state index contributed by atoms with van der Waals surface area (Å²) in [4.78, 5) is 0.